The summed E-state index contributed by atoms with van der Waals surface area (Å²) in [5.74, 6) is 1.11. The van der Waals surface area contributed by atoms with Gasteiger partial charge in [0.25, 0.3) is 5.91 Å². The predicted octanol–water partition coefficient (Wildman–Crippen LogP) is 4.86. The molecule has 164 valence electrons. The van der Waals surface area contributed by atoms with E-state index < -0.39 is 11.9 Å². The lowest BCUT2D eigenvalue weighted by Gasteiger charge is -2.24. The van der Waals surface area contributed by atoms with Gasteiger partial charge in [-0.1, -0.05) is 31.7 Å². The van der Waals surface area contributed by atoms with E-state index in [1.54, 1.807) is 18.7 Å². The highest BCUT2D eigenvalue weighted by molar-refractivity contribution is 7.99. The smallest absolute Gasteiger partial charge is 0.333 e. The molecule has 3 rings (SSSR count). The molecule has 2 aromatic rings. The second kappa shape index (κ2) is 10.7. The minimum atomic E-state index is -0.541. The number of nitriles is 1. The summed E-state index contributed by atoms with van der Waals surface area (Å²) in [6.07, 6.45) is 1.05. The van der Waals surface area contributed by atoms with Crippen LogP contribution in [-0.2, 0) is 14.3 Å². The Morgan fingerprint density at radius 2 is 1.94 bits per heavy atom. The third kappa shape index (κ3) is 5.21. The number of nitrogens with zero attached hydrogens (tertiary/aromatic N) is 1. The largest absolute Gasteiger partial charge is 0.460 e. The van der Waals surface area contributed by atoms with Crippen LogP contribution in [0.5, 0.6) is 11.5 Å². The van der Waals surface area contributed by atoms with E-state index >= 15 is 0 Å². The minimum Gasteiger partial charge on any atom is -0.460 e. The standard InChI is InChI=1S/C25H24N2O4S/c1-4-13-32-17-9-10-19-22(14-17)31-21-8-6-5-7-18(21)23(19)20(15-26)24(28)27-11-12-30-25(29)16(2)3/h5-10,14H,2,4,11-13H2,1,3H3,(H,27,28). The molecule has 0 aliphatic carbocycles. The second-order valence-electron chi connectivity index (χ2n) is 7.14. The summed E-state index contributed by atoms with van der Waals surface area (Å²) in [5.41, 5.74) is 2.14. The van der Waals surface area contributed by atoms with Crippen molar-refractivity contribution in [1.29, 1.82) is 5.26 Å². The molecule has 1 aliphatic rings. The summed E-state index contributed by atoms with van der Waals surface area (Å²) >= 11 is 1.73. The molecule has 0 atom stereocenters. The van der Waals surface area contributed by atoms with Crippen molar-refractivity contribution in [1.82, 2.24) is 5.32 Å². The fourth-order valence-electron chi connectivity index (χ4n) is 3.14. The number of ether oxygens (including phenoxy) is 2. The highest BCUT2D eigenvalue weighted by atomic mass is 32.2. The van der Waals surface area contributed by atoms with E-state index in [9.17, 15) is 14.9 Å². The number of hydrogen-bond donors (Lipinski definition) is 1. The first-order valence-electron chi connectivity index (χ1n) is 10.3. The number of amides is 1. The van der Waals surface area contributed by atoms with Gasteiger partial charge in [-0.15, -0.1) is 11.8 Å². The van der Waals surface area contributed by atoms with Gasteiger partial charge in [0.1, 0.15) is 29.7 Å². The first-order chi connectivity index (χ1) is 15.5. The van der Waals surface area contributed by atoms with Crippen LogP contribution in [0.4, 0.5) is 0 Å². The number of carbonyl (C=O) groups excluding carboxylic acids is 2. The molecule has 1 heterocycles. The summed E-state index contributed by atoms with van der Waals surface area (Å²) in [5, 5.41) is 12.5. The SMILES string of the molecule is C=C(C)C(=O)OCCNC(=O)C(C#N)=C1c2ccccc2Oc2cc(SCCC)ccc21. The van der Waals surface area contributed by atoms with Crippen LogP contribution >= 0.6 is 11.8 Å². The summed E-state index contributed by atoms with van der Waals surface area (Å²) in [4.78, 5) is 25.4. The van der Waals surface area contributed by atoms with Gasteiger partial charge in [-0.2, -0.15) is 5.26 Å². The van der Waals surface area contributed by atoms with E-state index in [1.807, 2.05) is 42.5 Å². The molecule has 2 aromatic carbocycles. The van der Waals surface area contributed by atoms with Crippen LogP contribution in [0, 0.1) is 11.3 Å². The van der Waals surface area contributed by atoms with Crippen molar-refractivity contribution in [3.63, 3.8) is 0 Å². The van der Waals surface area contributed by atoms with Crippen LogP contribution in [0.15, 0.2) is 65.1 Å². The van der Waals surface area contributed by atoms with Crippen LogP contribution < -0.4 is 10.1 Å². The van der Waals surface area contributed by atoms with Crippen molar-refractivity contribution in [2.45, 2.75) is 25.2 Å². The van der Waals surface area contributed by atoms with E-state index in [0.29, 0.717) is 28.2 Å². The molecule has 1 aliphatic heterocycles. The lowest BCUT2D eigenvalue weighted by atomic mass is 9.90. The van der Waals surface area contributed by atoms with E-state index in [1.165, 1.54) is 0 Å². The number of thioether (sulfide) groups is 1. The lowest BCUT2D eigenvalue weighted by Crippen LogP contribution is -2.30. The van der Waals surface area contributed by atoms with Crippen molar-refractivity contribution in [3.8, 4) is 17.6 Å². The molecule has 0 bridgehead atoms. The quantitative estimate of drug-likeness (QED) is 0.174. The van der Waals surface area contributed by atoms with Crippen molar-refractivity contribution in [2.75, 3.05) is 18.9 Å². The summed E-state index contributed by atoms with van der Waals surface area (Å²) in [6.45, 7) is 7.24. The highest BCUT2D eigenvalue weighted by Gasteiger charge is 2.27. The Kier molecular flexibility index (Phi) is 7.74. The minimum absolute atomic E-state index is 0.0141. The Morgan fingerprint density at radius 1 is 1.19 bits per heavy atom. The highest BCUT2D eigenvalue weighted by Crippen LogP contribution is 2.46. The summed E-state index contributed by atoms with van der Waals surface area (Å²) < 4.78 is 11.1. The van der Waals surface area contributed by atoms with Crippen molar-refractivity contribution in [3.05, 3.63) is 71.3 Å². The first kappa shape index (κ1) is 23.2. The van der Waals surface area contributed by atoms with E-state index in [2.05, 4.69) is 24.9 Å². The topological polar surface area (TPSA) is 88.4 Å². The average molecular weight is 449 g/mol. The van der Waals surface area contributed by atoms with Crippen molar-refractivity contribution < 1.29 is 19.1 Å². The maximum atomic E-state index is 12.9. The molecule has 0 saturated carbocycles. The molecule has 1 N–H and O–H groups in total. The number of hydrogen-bond acceptors (Lipinski definition) is 6. The zero-order valence-corrected chi connectivity index (χ0v) is 18.9. The van der Waals surface area contributed by atoms with Gasteiger partial charge < -0.3 is 14.8 Å². The average Bonchev–Trinajstić information content (AvgIpc) is 2.80. The zero-order chi connectivity index (χ0) is 23.1. The molecule has 6 nitrogen and oxygen atoms in total. The van der Waals surface area contributed by atoms with Gasteiger partial charge in [-0.05, 0) is 43.4 Å². The summed E-state index contributed by atoms with van der Waals surface area (Å²) in [7, 11) is 0. The molecular formula is C25H24N2O4S. The molecule has 0 radical (unpaired) electrons. The number of fused-ring (bicyclic) bond motifs is 2. The number of benzene rings is 2. The van der Waals surface area contributed by atoms with E-state index in [4.69, 9.17) is 9.47 Å². The Morgan fingerprint density at radius 3 is 2.66 bits per heavy atom. The van der Waals surface area contributed by atoms with Gasteiger partial charge in [0.2, 0.25) is 0 Å². The molecular weight excluding hydrogens is 424 g/mol. The molecule has 0 saturated heterocycles. The fourth-order valence-corrected chi connectivity index (χ4v) is 3.93. The third-order valence-electron chi connectivity index (χ3n) is 4.63. The Labute approximate surface area is 191 Å². The number of para-hydroxylation sites is 1. The third-order valence-corrected chi connectivity index (χ3v) is 5.83. The lowest BCUT2D eigenvalue weighted by molar-refractivity contribution is -0.139. The summed E-state index contributed by atoms with van der Waals surface area (Å²) in [6, 6.07) is 15.2. The fraction of sp³-hybridized carbons (Fsp3) is 0.240. The molecule has 7 heteroatoms. The van der Waals surface area contributed by atoms with Crippen LogP contribution in [0.1, 0.15) is 31.4 Å². The van der Waals surface area contributed by atoms with Gasteiger partial charge in [-0.3, -0.25) is 4.79 Å². The van der Waals surface area contributed by atoms with E-state index in [-0.39, 0.29) is 24.3 Å². The van der Waals surface area contributed by atoms with Gasteiger partial charge in [0.15, 0.2) is 0 Å². The maximum Gasteiger partial charge on any atom is 0.333 e. The molecule has 32 heavy (non-hydrogen) atoms. The Hall–Kier alpha value is -3.50. The molecule has 0 spiro atoms. The number of rotatable bonds is 8. The number of esters is 1. The van der Waals surface area contributed by atoms with Crippen LogP contribution in [0.2, 0.25) is 0 Å². The van der Waals surface area contributed by atoms with Gasteiger partial charge in [0, 0.05) is 27.2 Å². The number of carbonyl (C=O) groups is 2. The maximum absolute atomic E-state index is 12.9. The van der Waals surface area contributed by atoms with Gasteiger partial charge in [-0.25, -0.2) is 4.79 Å². The molecule has 0 fully saturated rings. The molecule has 0 aromatic heterocycles. The van der Waals surface area contributed by atoms with E-state index in [0.717, 1.165) is 17.1 Å². The van der Waals surface area contributed by atoms with Gasteiger partial charge >= 0.3 is 5.97 Å². The van der Waals surface area contributed by atoms with Crippen molar-refractivity contribution >= 4 is 29.2 Å². The first-order valence-corrected chi connectivity index (χ1v) is 11.2. The van der Waals surface area contributed by atoms with Crippen LogP contribution in [-0.4, -0.2) is 30.8 Å². The zero-order valence-electron chi connectivity index (χ0n) is 18.1. The van der Waals surface area contributed by atoms with Gasteiger partial charge in [0.05, 0.1) is 6.54 Å². The van der Waals surface area contributed by atoms with Crippen LogP contribution in [0.3, 0.4) is 0 Å². The number of nitrogens with one attached hydrogen (secondary N) is 1. The van der Waals surface area contributed by atoms with Crippen LogP contribution in [0.25, 0.3) is 5.57 Å². The van der Waals surface area contributed by atoms with Crippen molar-refractivity contribution in [2.24, 2.45) is 0 Å². The Balaban J connectivity index is 1.93. The predicted molar refractivity (Wildman–Crippen MR) is 124 cm³/mol. The normalized spacial score (nSPS) is 13.0. The Bertz CT molecular complexity index is 1130. The molecule has 1 amide bonds. The second-order valence-corrected chi connectivity index (χ2v) is 8.31. The molecule has 0 unspecified atom stereocenters. The monoisotopic (exact) mass is 448 g/mol.